The summed E-state index contributed by atoms with van der Waals surface area (Å²) >= 11 is 0. The van der Waals surface area contributed by atoms with E-state index in [0.29, 0.717) is 25.1 Å². The number of ether oxygens (including phenoxy) is 1. The molecule has 2 rings (SSSR count). The van der Waals surface area contributed by atoms with Gasteiger partial charge >= 0.3 is 5.97 Å². The van der Waals surface area contributed by atoms with E-state index >= 15 is 0 Å². The number of halogens is 1. The number of hydrogen-bond acceptors (Lipinski definition) is 5. The lowest BCUT2D eigenvalue weighted by Crippen LogP contribution is -2.30. The Balaban J connectivity index is 1.77. The van der Waals surface area contributed by atoms with Crippen LogP contribution >= 0.6 is 0 Å². The van der Waals surface area contributed by atoms with Crippen molar-refractivity contribution in [2.24, 2.45) is 0 Å². The summed E-state index contributed by atoms with van der Waals surface area (Å²) in [5.74, 6) is -1.50. The Bertz CT molecular complexity index is 989. The minimum atomic E-state index is -3.52. The van der Waals surface area contributed by atoms with Gasteiger partial charge in [0.05, 0.1) is 4.90 Å². The van der Waals surface area contributed by atoms with Gasteiger partial charge in [-0.05, 0) is 30.2 Å². The highest BCUT2D eigenvalue weighted by atomic mass is 32.2. The van der Waals surface area contributed by atoms with Gasteiger partial charge in [0.2, 0.25) is 10.0 Å². The van der Waals surface area contributed by atoms with Gasteiger partial charge in [-0.1, -0.05) is 44.2 Å². The van der Waals surface area contributed by atoms with Crippen LogP contribution in [-0.2, 0) is 37.3 Å². The molecule has 0 aromatic heterocycles. The summed E-state index contributed by atoms with van der Waals surface area (Å²) in [6.45, 7) is 3.89. The van der Waals surface area contributed by atoms with Gasteiger partial charge in [0.25, 0.3) is 5.91 Å². The van der Waals surface area contributed by atoms with E-state index in [0.717, 1.165) is 5.56 Å². The predicted octanol–water partition coefficient (Wildman–Crippen LogP) is 2.65. The van der Waals surface area contributed by atoms with Crippen LogP contribution in [-0.4, -0.2) is 44.3 Å². The van der Waals surface area contributed by atoms with E-state index < -0.39 is 34.3 Å². The van der Waals surface area contributed by atoms with Gasteiger partial charge in [-0.3, -0.25) is 9.59 Å². The van der Waals surface area contributed by atoms with Crippen LogP contribution in [0.15, 0.2) is 53.4 Å². The van der Waals surface area contributed by atoms with E-state index in [4.69, 9.17) is 4.74 Å². The van der Waals surface area contributed by atoms with Gasteiger partial charge in [0.15, 0.2) is 6.61 Å². The summed E-state index contributed by atoms with van der Waals surface area (Å²) in [5, 5.41) is 2.49. The molecule has 7 nitrogen and oxygen atoms in total. The molecule has 0 unspecified atom stereocenters. The molecular weight excluding hydrogens is 423 g/mol. The third-order valence-electron chi connectivity index (χ3n) is 4.68. The molecule has 0 fully saturated rings. The molecule has 0 saturated heterocycles. The van der Waals surface area contributed by atoms with Crippen molar-refractivity contribution in [3.05, 3.63) is 65.5 Å². The van der Waals surface area contributed by atoms with E-state index in [9.17, 15) is 22.4 Å². The minimum absolute atomic E-state index is 0.00576. The zero-order valence-electron chi connectivity index (χ0n) is 17.6. The molecule has 2 aromatic rings. The van der Waals surface area contributed by atoms with Crippen molar-refractivity contribution in [1.29, 1.82) is 0 Å². The number of rotatable bonds is 11. The Morgan fingerprint density at radius 2 is 1.68 bits per heavy atom. The Morgan fingerprint density at radius 3 is 2.29 bits per heavy atom. The van der Waals surface area contributed by atoms with Crippen LogP contribution in [0.2, 0.25) is 0 Å². The molecule has 0 aliphatic carbocycles. The number of sulfonamides is 1. The molecule has 0 spiro atoms. The Labute approximate surface area is 182 Å². The smallest absolute Gasteiger partial charge is 0.306 e. The number of benzene rings is 2. The number of aryl methyl sites for hydroxylation is 1. The fourth-order valence-corrected chi connectivity index (χ4v) is 4.35. The zero-order chi connectivity index (χ0) is 22.9. The Morgan fingerprint density at radius 1 is 1.03 bits per heavy atom. The van der Waals surface area contributed by atoms with Crippen molar-refractivity contribution in [1.82, 2.24) is 9.62 Å². The highest BCUT2D eigenvalue weighted by Gasteiger charge is 2.21. The molecule has 0 atom stereocenters. The number of nitrogens with zero attached hydrogens (tertiary/aromatic N) is 1. The number of carbonyl (C=O) groups is 2. The second kappa shape index (κ2) is 11.6. The third-order valence-corrected chi connectivity index (χ3v) is 6.75. The quantitative estimate of drug-likeness (QED) is 0.532. The standard InChI is InChI=1S/C22H27FN2O5S/c1-3-25(4-2)31(28,29)19-12-9-17(10-13-19)11-14-22(27)30-16-21(26)24-15-18-7-5-6-8-20(18)23/h5-10,12-13H,3-4,11,14-16H2,1-2H3,(H,24,26). The number of carbonyl (C=O) groups excluding carboxylic acids is 2. The first kappa shape index (κ1) is 24.5. The topological polar surface area (TPSA) is 92.8 Å². The molecule has 1 amide bonds. The number of nitrogens with one attached hydrogen (secondary N) is 1. The zero-order valence-corrected chi connectivity index (χ0v) is 18.5. The summed E-state index contributed by atoms with van der Waals surface area (Å²) in [4.78, 5) is 23.9. The fraction of sp³-hybridized carbons (Fsp3) is 0.364. The van der Waals surface area contributed by atoms with Crippen LogP contribution in [0, 0.1) is 5.82 Å². The lowest BCUT2D eigenvalue weighted by molar-refractivity contribution is -0.148. The van der Waals surface area contributed by atoms with Crippen LogP contribution in [0.1, 0.15) is 31.4 Å². The van der Waals surface area contributed by atoms with Crippen molar-refractivity contribution >= 4 is 21.9 Å². The van der Waals surface area contributed by atoms with E-state index in [-0.39, 0.29) is 17.9 Å². The molecule has 31 heavy (non-hydrogen) atoms. The normalized spacial score (nSPS) is 11.4. The Kier molecular flexibility index (Phi) is 9.14. The fourth-order valence-electron chi connectivity index (χ4n) is 2.89. The van der Waals surface area contributed by atoms with Crippen molar-refractivity contribution in [3.63, 3.8) is 0 Å². The van der Waals surface area contributed by atoms with Gasteiger partial charge in [-0.25, -0.2) is 12.8 Å². The molecular formula is C22H27FN2O5S. The van der Waals surface area contributed by atoms with Crippen LogP contribution < -0.4 is 5.32 Å². The molecule has 0 bridgehead atoms. The summed E-state index contributed by atoms with van der Waals surface area (Å²) in [7, 11) is -3.52. The highest BCUT2D eigenvalue weighted by Crippen LogP contribution is 2.17. The third kappa shape index (κ3) is 7.15. The van der Waals surface area contributed by atoms with Crippen molar-refractivity contribution < 1.29 is 27.1 Å². The Hall–Kier alpha value is -2.78. The molecule has 0 heterocycles. The molecule has 168 valence electrons. The van der Waals surface area contributed by atoms with Crippen LogP contribution in [0.5, 0.6) is 0 Å². The number of hydrogen-bond donors (Lipinski definition) is 1. The highest BCUT2D eigenvalue weighted by molar-refractivity contribution is 7.89. The lowest BCUT2D eigenvalue weighted by Gasteiger charge is -2.18. The minimum Gasteiger partial charge on any atom is -0.456 e. The maximum Gasteiger partial charge on any atom is 0.306 e. The van der Waals surface area contributed by atoms with E-state index in [2.05, 4.69) is 5.32 Å². The van der Waals surface area contributed by atoms with E-state index in [1.807, 2.05) is 0 Å². The van der Waals surface area contributed by atoms with Gasteiger partial charge in [0, 0.05) is 31.6 Å². The van der Waals surface area contributed by atoms with Crippen LogP contribution in [0.25, 0.3) is 0 Å². The van der Waals surface area contributed by atoms with Crippen molar-refractivity contribution in [2.45, 2.75) is 38.1 Å². The van der Waals surface area contributed by atoms with Crippen LogP contribution in [0.3, 0.4) is 0 Å². The molecule has 1 N–H and O–H groups in total. The number of esters is 1. The van der Waals surface area contributed by atoms with Gasteiger partial charge in [-0.2, -0.15) is 4.31 Å². The SMILES string of the molecule is CCN(CC)S(=O)(=O)c1ccc(CCC(=O)OCC(=O)NCc2ccccc2F)cc1. The average molecular weight is 451 g/mol. The van der Waals surface area contributed by atoms with Gasteiger partial charge in [0.1, 0.15) is 5.82 Å². The molecule has 2 aromatic carbocycles. The molecule has 0 aliphatic heterocycles. The van der Waals surface area contributed by atoms with Crippen molar-refractivity contribution in [3.8, 4) is 0 Å². The van der Waals surface area contributed by atoms with Crippen LogP contribution in [0.4, 0.5) is 4.39 Å². The number of amides is 1. The summed E-state index contributed by atoms with van der Waals surface area (Å²) in [5.41, 5.74) is 1.12. The molecule has 0 aliphatic rings. The first-order valence-corrected chi connectivity index (χ1v) is 11.5. The second-order valence-corrected chi connectivity index (χ2v) is 8.70. The maximum absolute atomic E-state index is 13.5. The summed E-state index contributed by atoms with van der Waals surface area (Å²) < 4.78 is 44.8. The first-order valence-electron chi connectivity index (χ1n) is 10.0. The lowest BCUT2D eigenvalue weighted by atomic mass is 10.1. The monoisotopic (exact) mass is 450 g/mol. The summed E-state index contributed by atoms with van der Waals surface area (Å²) in [6.07, 6.45) is 0.393. The molecule has 9 heteroatoms. The van der Waals surface area contributed by atoms with Gasteiger partial charge in [-0.15, -0.1) is 0 Å². The predicted molar refractivity (Wildman–Crippen MR) is 114 cm³/mol. The van der Waals surface area contributed by atoms with E-state index in [1.54, 1.807) is 44.2 Å². The van der Waals surface area contributed by atoms with Gasteiger partial charge < -0.3 is 10.1 Å². The maximum atomic E-state index is 13.5. The molecule has 0 radical (unpaired) electrons. The van der Waals surface area contributed by atoms with E-state index in [1.165, 1.54) is 22.5 Å². The van der Waals surface area contributed by atoms with Crippen molar-refractivity contribution in [2.75, 3.05) is 19.7 Å². The largest absolute Gasteiger partial charge is 0.456 e. The first-order chi connectivity index (χ1) is 14.8. The molecule has 0 saturated carbocycles. The summed E-state index contributed by atoms with van der Waals surface area (Å²) in [6, 6.07) is 12.4. The second-order valence-electron chi connectivity index (χ2n) is 6.76. The average Bonchev–Trinajstić information content (AvgIpc) is 2.76.